The zero-order chi connectivity index (χ0) is 8.43. The second kappa shape index (κ2) is 4.83. The lowest BCUT2D eigenvalue weighted by atomic mass is 9.75. The summed E-state index contributed by atoms with van der Waals surface area (Å²) in [5.74, 6) is 1.95. The molecule has 1 aliphatic carbocycles. The second-order valence-corrected chi connectivity index (χ2v) is 4.39. The molecule has 1 fully saturated rings. The molecule has 0 saturated heterocycles. The number of hydrogen-bond acceptors (Lipinski definition) is 1. The summed E-state index contributed by atoms with van der Waals surface area (Å²) in [6.45, 7) is 6.66. The Bertz CT molecular complexity index is 123. The van der Waals surface area contributed by atoms with Crippen LogP contribution in [-0.2, 0) is 0 Å². The second-order valence-electron chi connectivity index (χ2n) is 4.39. The molecule has 3 atom stereocenters. The summed E-state index contributed by atoms with van der Waals surface area (Å²) in [6, 6.07) is 0. The van der Waals surface area contributed by atoms with Gasteiger partial charge in [-0.3, -0.25) is 0 Å². The highest BCUT2D eigenvalue weighted by Crippen LogP contribution is 2.33. The number of aliphatic hydroxyl groups is 1. The van der Waals surface area contributed by atoms with E-state index < -0.39 is 0 Å². The van der Waals surface area contributed by atoms with Gasteiger partial charge in [-0.05, 0) is 30.6 Å². The monoisotopic (exact) mass is 174 g/mol. The van der Waals surface area contributed by atoms with Crippen molar-refractivity contribution in [3.63, 3.8) is 0 Å². The van der Waals surface area contributed by atoms with Crippen molar-refractivity contribution in [1.82, 2.24) is 0 Å². The molecule has 3 N–H and O–H groups in total. The minimum absolute atomic E-state index is 0. The summed E-state index contributed by atoms with van der Waals surface area (Å²) in [5.41, 5.74) is 0. The summed E-state index contributed by atoms with van der Waals surface area (Å²) in [7, 11) is 0. The van der Waals surface area contributed by atoms with Gasteiger partial charge in [0.1, 0.15) is 0 Å². The molecule has 0 aromatic rings. The lowest BCUT2D eigenvalue weighted by molar-refractivity contribution is 0.0266. The Balaban J connectivity index is 0.00000121. The van der Waals surface area contributed by atoms with Crippen molar-refractivity contribution in [3.05, 3.63) is 0 Å². The fourth-order valence-corrected chi connectivity index (χ4v) is 2.15. The molecule has 0 aromatic heterocycles. The number of aliphatic hydroxyl groups excluding tert-OH is 1. The lowest BCUT2D eigenvalue weighted by Gasteiger charge is -2.33. The van der Waals surface area contributed by atoms with E-state index in [9.17, 15) is 5.11 Å². The zero-order valence-electron chi connectivity index (χ0n) is 8.38. The molecule has 0 heterocycles. The van der Waals surface area contributed by atoms with Crippen molar-refractivity contribution in [3.8, 4) is 0 Å². The van der Waals surface area contributed by atoms with Gasteiger partial charge in [0.15, 0.2) is 0 Å². The Labute approximate surface area is 75.3 Å². The maximum absolute atomic E-state index is 9.71. The molecule has 1 rings (SSSR count). The fraction of sp³-hybridized carbons (Fsp3) is 1.00. The van der Waals surface area contributed by atoms with Gasteiger partial charge >= 0.3 is 0 Å². The highest BCUT2D eigenvalue weighted by molar-refractivity contribution is 4.79. The molecule has 2 nitrogen and oxygen atoms in total. The Morgan fingerprint density at radius 2 is 1.83 bits per heavy atom. The quantitative estimate of drug-likeness (QED) is 0.645. The molecule has 1 saturated carbocycles. The van der Waals surface area contributed by atoms with Crippen LogP contribution in [0.5, 0.6) is 0 Å². The average molecular weight is 174 g/mol. The van der Waals surface area contributed by atoms with Crippen LogP contribution in [0.15, 0.2) is 0 Å². The van der Waals surface area contributed by atoms with Crippen LogP contribution in [0.1, 0.15) is 40.0 Å². The lowest BCUT2D eigenvalue weighted by Crippen LogP contribution is -2.31. The van der Waals surface area contributed by atoms with E-state index in [1.807, 2.05) is 0 Å². The van der Waals surface area contributed by atoms with E-state index in [2.05, 4.69) is 20.8 Å². The Morgan fingerprint density at radius 1 is 1.25 bits per heavy atom. The van der Waals surface area contributed by atoms with Gasteiger partial charge in [-0.2, -0.15) is 0 Å². The van der Waals surface area contributed by atoms with Crippen LogP contribution in [0.4, 0.5) is 0 Å². The topological polar surface area (TPSA) is 51.7 Å². The first-order valence-corrected chi connectivity index (χ1v) is 4.79. The van der Waals surface area contributed by atoms with Gasteiger partial charge in [0.2, 0.25) is 0 Å². The van der Waals surface area contributed by atoms with Gasteiger partial charge < -0.3 is 10.6 Å². The molecule has 0 aromatic carbocycles. The van der Waals surface area contributed by atoms with E-state index >= 15 is 0 Å². The Morgan fingerprint density at radius 3 is 2.25 bits per heavy atom. The maximum Gasteiger partial charge on any atom is 0.0573 e. The van der Waals surface area contributed by atoms with Gasteiger partial charge in [0.25, 0.3) is 0 Å². The molecular formula is C10H22O2. The van der Waals surface area contributed by atoms with Crippen LogP contribution in [0.3, 0.4) is 0 Å². The van der Waals surface area contributed by atoms with E-state index in [0.717, 1.165) is 12.3 Å². The van der Waals surface area contributed by atoms with E-state index in [1.165, 1.54) is 12.8 Å². The fourth-order valence-electron chi connectivity index (χ4n) is 2.15. The zero-order valence-corrected chi connectivity index (χ0v) is 8.38. The molecule has 2 heteroatoms. The standard InChI is InChI=1S/C10H20O.H2O/c1-7(2)9-5-4-8(3)6-10(9)11;/h7-11H,4-6H2,1-3H3;1H2/t8-,9+,10-;/m1./s1. The molecule has 0 amide bonds. The number of rotatable bonds is 1. The van der Waals surface area contributed by atoms with Crippen molar-refractivity contribution in [2.24, 2.45) is 17.8 Å². The Kier molecular flexibility index (Phi) is 4.80. The molecule has 12 heavy (non-hydrogen) atoms. The molecule has 0 aliphatic heterocycles. The van der Waals surface area contributed by atoms with Crippen LogP contribution < -0.4 is 0 Å². The van der Waals surface area contributed by atoms with Crippen molar-refractivity contribution >= 4 is 0 Å². The first-order valence-electron chi connectivity index (χ1n) is 4.79. The maximum atomic E-state index is 9.71. The third-order valence-corrected chi connectivity index (χ3v) is 2.99. The van der Waals surface area contributed by atoms with Gasteiger partial charge in [-0.15, -0.1) is 0 Å². The Hall–Kier alpha value is -0.0800. The van der Waals surface area contributed by atoms with Gasteiger partial charge in [0, 0.05) is 0 Å². The van der Waals surface area contributed by atoms with Gasteiger partial charge in [-0.25, -0.2) is 0 Å². The van der Waals surface area contributed by atoms with Crippen LogP contribution in [-0.4, -0.2) is 16.7 Å². The summed E-state index contributed by atoms with van der Waals surface area (Å²) in [5, 5.41) is 9.71. The summed E-state index contributed by atoms with van der Waals surface area (Å²) in [6.07, 6.45) is 3.52. The summed E-state index contributed by atoms with van der Waals surface area (Å²) in [4.78, 5) is 0. The molecule has 0 unspecified atom stereocenters. The molecule has 1 aliphatic rings. The SMILES string of the molecule is CC(C)[C@@H]1CC[C@@H](C)C[C@H]1O.O. The van der Waals surface area contributed by atoms with Crippen molar-refractivity contribution in [1.29, 1.82) is 0 Å². The molecule has 0 spiro atoms. The van der Waals surface area contributed by atoms with Crippen LogP contribution >= 0.6 is 0 Å². The van der Waals surface area contributed by atoms with E-state index in [4.69, 9.17) is 0 Å². The van der Waals surface area contributed by atoms with Crippen molar-refractivity contribution < 1.29 is 10.6 Å². The van der Waals surface area contributed by atoms with Crippen molar-refractivity contribution in [2.45, 2.75) is 46.1 Å². The number of hydrogen-bond donors (Lipinski definition) is 1. The largest absolute Gasteiger partial charge is 0.412 e. The predicted molar refractivity (Wildman–Crippen MR) is 51.0 cm³/mol. The van der Waals surface area contributed by atoms with Crippen LogP contribution in [0.2, 0.25) is 0 Å². The predicted octanol–water partition coefficient (Wildman–Crippen LogP) is 1.61. The molecule has 0 bridgehead atoms. The first-order chi connectivity index (χ1) is 5.11. The van der Waals surface area contributed by atoms with Crippen molar-refractivity contribution in [2.75, 3.05) is 0 Å². The summed E-state index contributed by atoms with van der Waals surface area (Å²) < 4.78 is 0. The van der Waals surface area contributed by atoms with Crippen LogP contribution in [0, 0.1) is 17.8 Å². The average Bonchev–Trinajstić information content (AvgIpc) is 1.85. The normalized spacial score (nSPS) is 36.2. The van der Waals surface area contributed by atoms with Gasteiger partial charge in [0.05, 0.1) is 6.10 Å². The van der Waals surface area contributed by atoms with E-state index in [1.54, 1.807) is 0 Å². The highest BCUT2D eigenvalue weighted by atomic mass is 16.3. The molecule has 74 valence electrons. The van der Waals surface area contributed by atoms with Crippen LogP contribution in [0.25, 0.3) is 0 Å². The van der Waals surface area contributed by atoms with E-state index in [0.29, 0.717) is 11.8 Å². The minimum Gasteiger partial charge on any atom is -0.412 e. The first kappa shape index (κ1) is 11.9. The molecular weight excluding hydrogens is 152 g/mol. The molecule has 0 radical (unpaired) electrons. The third-order valence-electron chi connectivity index (χ3n) is 2.99. The minimum atomic E-state index is -0.0289. The third kappa shape index (κ3) is 2.76. The highest BCUT2D eigenvalue weighted by Gasteiger charge is 2.28. The van der Waals surface area contributed by atoms with Gasteiger partial charge in [-0.1, -0.05) is 27.2 Å². The summed E-state index contributed by atoms with van der Waals surface area (Å²) >= 11 is 0. The van der Waals surface area contributed by atoms with E-state index in [-0.39, 0.29) is 11.6 Å². The smallest absolute Gasteiger partial charge is 0.0573 e.